The SMILES string of the molecule is COC(=O)c1ccccc1NC(=O)CSc1nc2ccccc2n1CC(=O)Nc1ccccc1C(=O)OC. The highest BCUT2D eigenvalue weighted by molar-refractivity contribution is 7.99. The van der Waals surface area contributed by atoms with Crippen LogP contribution in [0.15, 0.2) is 78.0 Å². The normalized spacial score (nSPS) is 10.6. The average Bonchev–Trinajstić information content (AvgIpc) is 3.28. The summed E-state index contributed by atoms with van der Waals surface area (Å²) in [6.45, 7) is -0.106. The molecule has 11 heteroatoms. The van der Waals surface area contributed by atoms with Crippen molar-refractivity contribution in [1.29, 1.82) is 0 Å². The summed E-state index contributed by atoms with van der Waals surface area (Å²) in [5.41, 5.74) is 2.51. The van der Waals surface area contributed by atoms with E-state index >= 15 is 0 Å². The van der Waals surface area contributed by atoms with Gasteiger partial charge in [-0.15, -0.1) is 0 Å². The summed E-state index contributed by atoms with van der Waals surface area (Å²) in [6, 6.07) is 20.4. The van der Waals surface area contributed by atoms with E-state index in [-0.39, 0.29) is 35.2 Å². The zero-order valence-corrected chi connectivity index (χ0v) is 21.4. The largest absolute Gasteiger partial charge is 0.465 e. The standard InChI is InChI=1S/C27H24N4O6S/c1-36-25(34)17-9-3-5-11-19(17)28-23(32)15-31-22-14-8-7-13-21(22)30-27(31)38-16-24(33)29-20-12-6-4-10-18(20)26(35)37-2/h3-14H,15-16H2,1-2H3,(H,28,32)(H,29,33). The Morgan fingerprint density at radius 2 is 1.29 bits per heavy atom. The van der Waals surface area contributed by atoms with Crippen LogP contribution in [0.5, 0.6) is 0 Å². The molecule has 2 amide bonds. The van der Waals surface area contributed by atoms with Crippen LogP contribution in [0.4, 0.5) is 11.4 Å². The van der Waals surface area contributed by atoms with Gasteiger partial charge in [0.1, 0.15) is 6.54 Å². The van der Waals surface area contributed by atoms with Gasteiger partial charge in [0.25, 0.3) is 0 Å². The minimum absolute atomic E-state index is 0.0222. The van der Waals surface area contributed by atoms with Crippen molar-refractivity contribution in [3.63, 3.8) is 0 Å². The van der Waals surface area contributed by atoms with Crippen LogP contribution in [0.2, 0.25) is 0 Å². The highest BCUT2D eigenvalue weighted by atomic mass is 32.2. The molecule has 0 aliphatic carbocycles. The maximum Gasteiger partial charge on any atom is 0.339 e. The topological polar surface area (TPSA) is 129 Å². The number of hydrogen-bond acceptors (Lipinski definition) is 8. The Kier molecular flexibility index (Phi) is 8.39. The molecule has 4 aromatic rings. The first-order valence-corrected chi connectivity index (χ1v) is 12.4. The van der Waals surface area contributed by atoms with E-state index in [1.54, 1.807) is 53.1 Å². The van der Waals surface area contributed by atoms with Gasteiger partial charge < -0.3 is 24.7 Å². The van der Waals surface area contributed by atoms with Crippen LogP contribution in [0.3, 0.4) is 0 Å². The van der Waals surface area contributed by atoms with Gasteiger partial charge in [0.2, 0.25) is 11.8 Å². The lowest BCUT2D eigenvalue weighted by Crippen LogP contribution is -2.21. The van der Waals surface area contributed by atoms with E-state index in [1.165, 1.54) is 14.2 Å². The Hall–Kier alpha value is -4.64. The zero-order chi connectivity index (χ0) is 27.1. The van der Waals surface area contributed by atoms with Crippen molar-refractivity contribution in [2.24, 2.45) is 0 Å². The highest BCUT2D eigenvalue weighted by Crippen LogP contribution is 2.25. The molecule has 194 valence electrons. The number of anilines is 2. The van der Waals surface area contributed by atoms with Crippen molar-refractivity contribution in [3.05, 3.63) is 83.9 Å². The predicted molar refractivity (Wildman–Crippen MR) is 143 cm³/mol. The average molecular weight is 533 g/mol. The summed E-state index contributed by atoms with van der Waals surface area (Å²) >= 11 is 1.15. The molecule has 3 aromatic carbocycles. The summed E-state index contributed by atoms with van der Waals surface area (Å²) in [5.74, 6) is -1.89. The summed E-state index contributed by atoms with van der Waals surface area (Å²) in [5, 5.41) is 5.94. The summed E-state index contributed by atoms with van der Waals surface area (Å²) in [4.78, 5) is 54.4. The number of benzene rings is 3. The van der Waals surface area contributed by atoms with E-state index in [0.29, 0.717) is 27.6 Å². The van der Waals surface area contributed by atoms with E-state index in [9.17, 15) is 19.2 Å². The number of amides is 2. The van der Waals surface area contributed by atoms with Gasteiger partial charge in [-0.05, 0) is 36.4 Å². The predicted octanol–water partition coefficient (Wildman–Crippen LogP) is 3.98. The summed E-state index contributed by atoms with van der Waals surface area (Å²) in [7, 11) is 2.54. The van der Waals surface area contributed by atoms with Gasteiger partial charge in [0.05, 0.1) is 53.5 Å². The van der Waals surface area contributed by atoms with E-state index in [1.807, 2.05) is 24.3 Å². The van der Waals surface area contributed by atoms with Crippen LogP contribution in [0.25, 0.3) is 11.0 Å². The highest BCUT2D eigenvalue weighted by Gasteiger charge is 2.19. The van der Waals surface area contributed by atoms with Crippen molar-refractivity contribution in [2.75, 3.05) is 30.6 Å². The van der Waals surface area contributed by atoms with E-state index in [4.69, 9.17) is 9.47 Å². The van der Waals surface area contributed by atoms with Gasteiger partial charge in [-0.3, -0.25) is 9.59 Å². The molecule has 0 bridgehead atoms. The first-order valence-electron chi connectivity index (χ1n) is 11.4. The van der Waals surface area contributed by atoms with Crippen molar-refractivity contribution in [1.82, 2.24) is 9.55 Å². The Morgan fingerprint density at radius 1 is 0.763 bits per heavy atom. The fourth-order valence-corrected chi connectivity index (χ4v) is 4.54. The molecule has 1 heterocycles. The van der Waals surface area contributed by atoms with E-state index < -0.39 is 11.9 Å². The fraction of sp³-hybridized carbons (Fsp3) is 0.148. The Labute approximate surface area is 222 Å². The first-order chi connectivity index (χ1) is 18.4. The first kappa shape index (κ1) is 26.4. The number of nitrogens with zero attached hydrogens (tertiary/aromatic N) is 2. The maximum atomic E-state index is 13.0. The van der Waals surface area contributed by atoms with Crippen LogP contribution in [0.1, 0.15) is 20.7 Å². The van der Waals surface area contributed by atoms with Gasteiger partial charge in [-0.2, -0.15) is 0 Å². The van der Waals surface area contributed by atoms with Crippen molar-refractivity contribution in [2.45, 2.75) is 11.7 Å². The van der Waals surface area contributed by atoms with Crippen LogP contribution < -0.4 is 10.6 Å². The summed E-state index contributed by atoms with van der Waals surface area (Å²) < 4.78 is 11.3. The number of esters is 2. The minimum Gasteiger partial charge on any atom is -0.465 e. The number of imidazole rings is 1. The van der Waals surface area contributed by atoms with Crippen LogP contribution in [-0.4, -0.2) is 53.3 Å². The lowest BCUT2D eigenvalue weighted by atomic mass is 10.2. The maximum absolute atomic E-state index is 13.0. The minimum atomic E-state index is -0.565. The van der Waals surface area contributed by atoms with Crippen LogP contribution in [0, 0.1) is 0 Å². The van der Waals surface area contributed by atoms with Crippen LogP contribution >= 0.6 is 11.8 Å². The number of nitrogens with one attached hydrogen (secondary N) is 2. The lowest BCUT2D eigenvalue weighted by Gasteiger charge is -2.12. The Bertz CT molecular complexity index is 1520. The van der Waals surface area contributed by atoms with Gasteiger partial charge in [-0.1, -0.05) is 48.2 Å². The second-order valence-corrected chi connectivity index (χ2v) is 8.87. The number of carbonyl (C=O) groups excluding carboxylic acids is 4. The zero-order valence-electron chi connectivity index (χ0n) is 20.6. The number of aromatic nitrogens is 2. The van der Waals surface area contributed by atoms with Gasteiger partial charge in [-0.25, -0.2) is 14.6 Å². The molecule has 0 spiro atoms. The van der Waals surface area contributed by atoms with Crippen molar-refractivity contribution < 1.29 is 28.7 Å². The molecular weight excluding hydrogens is 508 g/mol. The van der Waals surface area contributed by atoms with Gasteiger partial charge >= 0.3 is 11.9 Å². The fourth-order valence-electron chi connectivity index (χ4n) is 3.73. The monoisotopic (exact) mass is 532 g/mol. The number of fused-ring (bicyclic) bond motifs is 1. The number of rotatable bonds is 9. The summed E-state index contributed by atoms with van der Waals surface area (Å²) in [6.07, 6.45) is 0. The number of methoxy groups -OCH3 is 2. The second-order valence-electron chi connectivity index (χ2n) is 7.93. The van der Waals surface area contributed by atoms with Gasteiger partial charge in [0, 0.05) is 0 Å². The van der Waals surface area contributed by atoms with E-state index in [0.717, 1.165) is 11.8 Å². The third-order valence-corrected chi connectivity index (χ3v) is 6.44. The van der Waals surface area contributed by atoms with E-state index in [2.05, 4.69) is 15.6 Å². The molecule has 0 saturated heterocycles. The van der Waals surface area contributed by atoms with Crippen molar-refractivity contribution >= 4 is 57.9 Å². The number of para-hydroxylation sites is 4. The molecule has 0 radical (unpaired) electrons. The number of carbonyl (C=O) groups is 4. The number of ether oxygens (including phenoxy) is 2. The third-order valence-electron chi connectivity index (χ3n) is 5.47. The molecule has 0 fully saturated rings. The molecule has 0 atom stereocenters. The number of thioether (sulfide) groups is 1. The molecule has 0 aliphatic rings. The third kappa shape index (κ3) is 6.01. The smallest absolute Gasteiger partial charge is 0.339 e. The van der Waals surface area contributed by atoms with Crippen LogP contribution in [-0.2, 0) is 25.6 Å². The Morgan fingerprint density at radius 3 is 1.89 bits per heavy atom. The second kappa shape index (κ2) is 12.1. The molecule has 1 aromatic heterocycles. The molecule has 0 saturated carbocycles. The molecule has 10 nitrogen and oxygen atoms in total. The molecule has 0 aliphatic heterocycles. The lowest BCUT2D eigenvalue weighted by molar-refractivity contribution is -0.117. The molecule has 4 rings (SSSR count). The number of hydrogen-bond donors (Lipinski definition) is 2. The quantitative estimate of drug-likeness (QED) is 0.245. The molecule has 2 N–H and O–H groups in total. The van der Waals surface area contributed by atoms with Crippen molar-refractivity contribution in [3.8, 4) is 0 Å². The molecule has 38 heavy (non-hydrogen) atoms. The van der Waals surface area contributed by atoms with Gasteiger partial charge in [0.15, 0.2) is 5.16 Å². The molecule has 0 unspecified atom stereocenters. The molecular formula is C27H24N4O6S. The Balaban J connectivity index is 1.51.